The summed E-state index contributed by atoms with van der Waals surface area (Å²) in [6.45, 7) is 3.20. The van der Waals surface area contributed by atoms with Crippen LogP contribution in [-0.2, 0) is 28.7 Å². The third-order valence-corrected chi connectivity index (χ3v) is 11.3. The van der Waals surface area contributed by atoms with Gasteiger partial charge in [-0.25, -0.2) is 4.79 Å². The number of allylic oxidation sites excluding steroid dienone is 1. The molecule has 1 saturated heterocycles. The van der Waals surface area contributed by atoms with Gasteiger partial charge in [0.1, 0.15) is 11.6 Å². The third kappa shape index (κ3) is 4.83. The summed E-state index contributed by atoms with van der Waals surface area (Å²) in [7, 11) is 0. The van der Waals surface area contributed by atoms with E-state index in [-0.39, 0.29) is 67.6 Å². The van der Waals surface area contributed by atoms with Crippen molar-refractivity contribution in [3.8, 4) is 0 Å². The molecule has 0 aromatic carbocycles. The van der Waals surface area contributed by atoms with Crippen molar-refractivity contribution in [1.29, 1.82) is 0 Å². The topological polar surface area (TPSA) is 179 Å². The summed E-state index contributed by atoms with van der Waals surface area (Å²) in [6.07, 6.45) is 2.99. The van der Waals surface area contributed by atoms with Crippen LogP contribution in [0.1, 0.15) is 78.1 Å². The SMILES string of the molecule is C[C@]12CCC(=O)C=C1CC[C@@H]1[C@@H]2[C@H](O)C[C@@]2(C)[C@H]1CC[C@]2(O)C(=O)COC(=O)CCC(=O)N1C[C@@H](O)C[C@@H]1C(=O)O. The lowest BCUT2D eigenvalue weighted by Gasteiger charge is -2.60. The van der Waals surface area contributed by atoms with E-state index in [0.717, 1.165) is 23.3 Å². The van der Waals surface area contributed by atoms with Gasteiger partial charge in [0.25, 0.3) is 0 Å². The number of likely N-dealkylation sites (tertiary alicyclic amines) is 1. The first-order valence-corrected chi connectivity index (χ1v) is 14.7. The van der Waals surface area contributed by atoms with Crippen LogP contribution < -0.4 is 0 Å². The van der Waals surface area contributed by atoms with Gasteiger partial charge >= 0.3 is 11.9 Å². The minimum absolute atomic E-state index is 0.00725. The standard InChI is InChI=1S/C30H41NO10/c1-28-9-7-17(32)11-16(28)3-4-19-20-8-10-30(40,29(20,2)13-22(34)26(19)28)23(35)15-41-25(37)6-5-24(36)31-14-18(33)12-21(31)27(38)39/h11,18-22,26,33-34,40H,3-10,12-15H2,1-2H3,(H,38,39)/t18-,19-,20-,21+,22+,26+,28-,29-,30-/m0/s1. The number of aliphatic carboxylic acids is 1. The molecule has 1 amide bonds. The zero-order valence-electron chi connectivity index (χ0n) is 23.7. The molecule has 0 aromatic heterocycles. The number of ketones is 2. The molecule has 0 radical (unpaired) electrons. The first-order valence-electron chi connectivity index (χ1n) is 14.7. The Labute approximate surface area is 238 Å². The summed E-state index contributed by atoms with van der Waals surface area (Å²) >= 11 is 0. The Bertz CT molecular complexity index is 1180. The van der Waals surface area contributed by atoms with Gasteiger partial charge in [0.05, 0.1) is 18.6 Å². The number of rotatable bonds is 7. The molecule has 41 heavy (non-hydrogen) atoms. The summed E-state index contributed by atoms with van der Waals surface area (Å²) in [5, 5.41) is 42.3. The number of esters is 1. The van der Waals surface area contributed by atoms with Crippen molar-refractivity contribution in [1.82, 2.24) is 4.90 Å². The molecule has 0 aromatic rings. The molecule has 9 atom stereocenters. The Morgan fingerprint density at radius 3 is 2.51 bits per heavy atom. The van der Waals surface area contributed by atoms with E-state index in [0.29, 0.717) is 19.3 Å². The van der Waals surface area contributed by atoms with Gasteiger partial charge in [-0.15, -0.1) is 0 Å². The number of carboxylic acid groups (broad SMARTS) is 1. The highest BCUT2D eigenvalue weighted by Crippen LogP contribution is 2.67. The number of carboxylic acids is 1. The van der Waals surface area contributed by atoms with E-state index < -0.39 is 59.5 Å². The predicted octanol–water partition coefficient (Wildman–Crippen LogP) is 1.16. The zero-order valence-corrected chi connectivity index (χ0v) is 23.7. The van der Waals surface area contributed by atoms with E-state index >= 15 is 0 Å². The summed E-state index contributed by atoms with van der Waals surface area (Å²) in [6, 6.07) is -1.15. The summed E-state index contributed by atoms with van der Waals surface area (Å²) < 4.78 is 5.16. The second kappa shape index (κ2) is 10.6. The second-order valence-electron chi connectivity index (χ2n) is 13.3. The van der Waals surface area contributed by atoms with Gasteiger partial charge in [-0.05, 0) is 67.8 Å². The molecule has 4 fully saturated rings. The summed E-state index contributed by atoms with van der Waals surface area (Å²) in [4.78, 5) is 62.8. The highest BCUT2D eigenvalue weighted by molar-refractivity contribution is 5.92. The molecule has 0 bridgehead atoms. The average Bonchev–Trinajstić information content (AvgIpc) is 3.43. The minimum atomic E-state index is -1.78. The van der Waals surface area contributed by atoms with Crippen molar-refractivity contribution in [2.24, 2.45) is 28.6 Å². The van der Waals surface area contributed by atoms with E-state index in [2.05, 4.69) is 6.92 Å². The molecule has 1 heterocycles. The Hall–Kier alpha value is -2.63. The van der Waals surface area contributed by atoms with E-state index in [1.54, 1.807) is 6.08 Å². The largest absolute Gasteiger partial charge is 0.480 e. The van der Waals surface area contributed by atoms with Gasteiger partial charge in [-0.2, -0.15) is 0 Å². The van der Waals surface area contributed by atoms with Crippen LogP contribution in [0.25, 0.3) is 0 Å². The molecule has 226 valence electrons. The number of Topliss-reactive ketones (excluding diaryl/α,β-unsaturated/α-hetero) is 1. The summed E-state index contributed by atoms with van der Waals surface area (Å²) in [5.74, 6) is -3.13. The number of nitrogens with zero attached hydrogens (tertiary/aromatic N) is 1. The third-order valence-electron chi connectivity index (χ3n) is 11.3. The number of hydrogen-bond donors (Lipinski definition) is 4. The maximum atomic E-state index is 13.4. The quantitative estimate of drug-likeness (QED) is 0.322. The Morgan fingerprint density at radius 1 is 1.07 bits per heavy atom. The van der Waals surface area contributed by atoms with Gasteiger partial charge in [-0.3, -0.25) is 19.2 Å². The number of amides is 1. The number of aliphatic hydroxyl groups excluding tert-OH is 2. The fourth-order valence-corrected chi connectivity index (χ4v) is 9.16. The zero-order chi connectivity index (χ0) is 29.9. The van der Waals surface area contributed by atoms with Gasteiger partial charge in [0.15, 0.2) is 12.4 Å². The van der Waals surface area contributed by atoms with Crippen LogP contribution >= 0.6 is 0 Å². The smallest absolute Gasteiger partial charge is 0.326 e. The van der Waals surface area contributed by atoms with Crippen LogP contribution in [0.15, 0.2) is 11.6 Å². The normalized spacial score (nSPS) is 41.6. The minimum Gasteiger partial charge on any atom is -0.480 e. The number of aliphatic hydroxyl groups is 3. The fraction of sp³-hybridized carbons (Fsp3) is 0.767. The van der Waals surface area contributed by atoms with Gasteiger partial charge in [0.2, 0.25) is 11.7 Å². The molecule has 11 heteroatoms. The second-order valence-corrected chi connectivity index (χ2v) is 13.3. The maximum absolute atomic E-state index is 13.4. The number of ether oxygens (including phenoxy) is 1. The van der Waals surface area contributed by atoms with Crippen LogP contribution in [0.4, 0.5) is 0 Å². The van der Waals surface area contributed by atoms with E-state index in [9.17, 15) is 44.4 Å². The van der Waals surface area contributed by atoms with E-state index in [1.807, 2.05) is 6.92 Å². The number of hydrogen-bond acceptors (Lipinski definition) is 9. The summed E-state index contributed by atoms with van der Waals surface area (Å²) in [5.41, 5.74) is -1.86. The average molecular weight is 576 g/mol. The highest BCUT2D eigenvalue weighted by atomic mass is 16.5. The van der Waals surface area contributed by atoms with Gasteiger partial charge in [0, 0.05) is 31.2 Å². The van der Waals surface area contributed by atoms with E-state index in [1.165, 1.54) is 0 Å². The van der Waals surface area contributed by atoms with Crippen LogP contribution in [-0.4, -0.2) is 91.7 Å². The van der Waals surface area contributed by atoms with Crippen molar-refractivity contribution >= 4 is 29.4 Å². The Kier molecular flexibility index (Phi) is 7.70. The van der Waals surface area contributed by atoms with Crippen LogP contribution in [0.2, 0.25) is 0 Å². The van der Waals surface area contributed by atoms with Crippen LogP contribution in [0.3, 0.4) is 0 Å². The molecule has 11 nitrogen and oxygen atoms in total. The molecule has 0 spiro atoms. The van der Waals surface area contributed by atoms with Crippen LogP contribution in [0.5, 0.6) is 0 Å². The maximum Gasteiger partial charge on any atom is 0.326 e. The lowest BCUT2D eigenvalue weighted by molar-refractivity contribution is -0.184. The van der Waals surface area contributed by atoms with Gasteiger partial charge in [-0.1, -0.05) is 19.4 Å². The lowest BCUT2D eigenvalue weighted by atomic mass is 9.45. The molecule has 0 unspecified atom stereocenters. The molecule has 5 aliphatic rings. The van der Waals surface area contributed by atoms with Gasteiger partial charge < -0.3 is 30.1 Å². The first kappa shape index (κ1) is 29.8. The van der Waals surface area contributed by atoms with Crippen molar-refractivity contribution < 1.29 is 49.1 Å². The monoisotopic (exact) mass is 575 g/mol. The van der Waals surface area contributed by atoms with Crippen molar-refractivity contribution in [2.75, 3.05) is 13.2 Å². The van der Waals surface area contributed by atoms with E-state index in [4.69, 9.17) is 4.74 Å². The molecule has 4 N–H and O–H groups in total. The van der Waals surface area contributed by atoms with Crippen molar-refractivity contribution in [3.63, 3.8) is 0 Å². The number of carbonyl (C=O) groups excluding carboxylic acids is 4. The molecular weight excluding hydrogens is 534 g/mol. The molecular formula is C30H41NO10. The van der Waals surface area contributed by atoms with Crippen LogP contribution in [0, 0.1) is 28.6 Å². The Balaban J connectivity index is 1.21. The number of carbonyl (C=O) groups is 5. The number of β-amino-alcohol motifs (C(OH)–C–C–N with tert-alkyl or cyclic N) is 1. The van der Waals surface area contributed by atoms with Crippen molar-refractivity contribution in [3.05, 3.63) is 11.6 Å². The first-order chi connectivity index (χ1) is 19.2. The lowest BCUT2D eigenvalue weighted by Crippen LogP contribution is -2.62. The molecule has 5 rings (SSSR count). The molecule has 3 saturated carbocycles. The predicted molar refractivity (Wildman–Crippen MR) is 142 cm³/mol. The highest BCUT2D eigenvalue weighted by Gasteiger charge is 2.68. The molecule has 4 aliphatic carbocycles. The number of fused-ring (bicyclic) bond motifs is 5. The van der Waals surface area contributed by atoms with Crippen molar-refractivity contribution in [2.45, 2.75) is 102 Å². The Morgan fingerprint density at radius 2 is 1.80 bits per heavy atom. The fourth-order valence-electron chi connectivity index (χ4n) is 9.16. The molecule has 1 aliphatic heterocycles.